The van der Waals surface area contributed by atoms with Gasteiger partial charge in [0.05, 0.1) is 4.90 Å². The van der Waals surface area contributed by atoms with Crippen LogP contribution in [0.25, 0.3) is 0 Å². The second-order valence-electron chi connectivity index (χ2n) is 6.27. The highest BCUT2D eigenvalue weighted by atomic mass is 32.2. The van der Waals surface area contributed by atoms with Gasteiger partial charge in [0.1, 0.15) is 0 Å². The van der Waals surface area contributed by atoms with Crippen molar-refractivity contribution in [3.63, 3.8) is 0 Å². The van der Waals surface area contributed by atoms with Gasteiger partial charge in [0.15, 0.2) is 0 Å². The molecule has 2 aromatic carbocycles. The molecule has 2 N–H and O–H groups in total. The summed E-state index contributed by atoms with van der Waals surface area (Å²) in [5.41, 5.74) is 3.01. The zero-order valence-corrected chi connectivity index (χ0v) is 15.0. The maximum atomic E-state index is 12.4. The Morgan fingerprint density at radius 3 is 2.20 bits per heavy atom. The van der Waals surface area contributed by atoms with Crippen LogP contribution in [0.15, 0.2) is 53.4 Å². The Morgan fingerprint density at radius 1 is 1.04 bits per heavy atom. The van der Waals surface area contributed by atoms with Gasteiger partial charge in [-0.2, -0.15) is 0 Å². The topological polar surface area (TPSA) is 75.3 Å². The molecular weight excluding hydrogens is 336 g/mol. The number of carbonyl (C=O) groups is 1. The molecule has 1 aliphatic rings. The van der Waals surface area contributed by atoms with Crippen LogP contribution in [-0.4, -0.2) is 26.9 Å². The maximum absolute atomic E-state index is 12.4. The zero-order chi connectivity index (χ0) is 17.9. The summed E-state index contributed by atoms with van der Waals surface area (Å²) in [6, 6.07) is 14.3. The first-order valence-electron chi connectivity index (χ1n) is 8.47. The summed E-state index contributed by atoms with van der Waals surface area (Å²) < 4.78 is 26.6. The number of hydrogen-bond donors (Lipinski definition) is 2. The van der Waals surface area contributed by atoms with E-state index in [4.69, 9.17) is 0 Å². The first kappa shape index (κ1) is 17.6. The van der Waals surface area contributed by atoms with E-state index in [1.165, 1.54) is 23.3 Å². The molecule has 0 radical (unpaired) electrons. The van der Waals surface area contributed by atoms with Crippen molar-refractivity contribution in [3.8, 4) is 0 Å². The third kappa shape index (κ3) is 4.08. The van der Waals surface area contributed by atoms with Crippen LogP contribution in [0, 0.1) is 0 Å². The first-order valence-corrected chi connectivity index (χ1v) is 9.95. The Balaban J connectivity index is 1.64. The quantitative estimate of drug-likeness (QED) is 0.832. The van der Waals surface area contributed by atoms with Crippen LogP contribution in [0.4, 0.5) is 0 Å². The summed E-state index contributed by atoms with van der Waals surface area (Å²) in [5.74, 6) is -0.178. The zero-order valence-electron chi connectivity index (χ0n) is 14.2. The summed E-state index contributed by atoms with van der Waals surface area (Å²) in [6.45, 7) is 2.30. The van der Waals surface area contributed by atoms with Crippen LogP contribution in [-0.2, 0) is 22.9 Å². The summed E-state index contributed by atoms with van der Waals surface area (Å²) >= 11 is 0. The minimum Gasteiger partial charge on any atom is -0.349 e. The van der Waals surface area contributed by atoms with E-state index >= 15 is 0 Å². The minimum atomic E-state index is -3.51. The van der Waals surface area contributed by atoms with Gasteiger partial charge < -0.3 is 5.32 Å². The van der Waals surface area contributed by atoms with Gasteiger partial charge in [0.2, 0.25) is 10.0 Å². The predicted molar refractivity (Wildman–Crippen MR) is 97.0 cm³/mol. The lowest BCUT2D eigenvalue weighted by molar-refractivity contribution is 0.0938. The second kappa shape index (κ2) is 7.37. The maximum Gasteiger partial charge on any atom is 0.251 e. The largest absolute Gasteiger partial charge is 0.349 e. The number of hydrogen-bond acceptors (Lipinski definition) is 3. The molecule has 0 heterocycles. The molecule has 5 nitrogen and oxygen atoms in total. The van der Waals surface area contributed by atoms with E-state index in [2.05, 4.69) is 22.2 Å². The second-order valence-corrected chi connectivity index (χ2v) is 8.04. The predicted octanol–water partition coefficient (Wildman–Crippen LogP) is 2.27. The molecular formula is C19H22N2O3S. The van der Waals surface area contributed by atoms with Crippen molar-refractivity contribution in [1.82, 2.24) is 10.0 Å². The number of fused-ring (bicyclic) bond motifs is 1. The Bertz CT molecular complexity index is 835. The highest BCUT2D eigenvalue weighted by Crippen LogP contribution is 2.22. The lowest BCUT2D eigenvalue weighted by Crippen LogP contribution is -2.35. The lowest BCUT2D eigenvalue weighted by Gasteiger charge is -2.12. The lowest BCUT2D eigenvalue weighted by atomic mass is 10.1. The number of amides is 1. The van der Waals surface area contributed by atoms with Crippen molar-refractivity contribution in [2.75, 3.05) is 6.54 Å². The van der Waals surface area contributed by atoms with E-state index in [-0.39, 0.29) is 16.8 Å². The van der Waals surface area contributed by atoms with Gasteiger partial charge >= 0.3 is 0 Å². The molecule has 0 unspecified atom stereocenters. The molecule has 1 aliphatic carbocycles. The van der Waals surface area contributed by atoms with Crippen molar-refractivity contribution < 1.29 is 13.2 Å². The fourth-order valence-corrected chi connectivity index (χ4v) is 4.17. The molecule has 0 bridgehead atoms. The Hall–Kier alpha value is -2.18. The first-order chi connectivity index (χ1) is 12.0. The minimum absolute atomic E-state index is 0.0829. The van der Waals surface area contributed by atoms with Crippen LogP contribution in [0.1, 0.15) is 34.8 Å². The van der Waals surface area contributed by atoms with Crippen LogP contribution < -0.4 is 10.0 Å². The van der Waals surface area contributed by atoms with Crippen molar-refractivity contribution >= 4 is 15.9 Å². The summed E-state index contributed by atoms with van der Waals surface area (Å²) in [5, 5.41) is 3.03. The summed E-state index contributed by atoms with van der Waals surface area (Å²) in [7, 11) is -3.51. The monoisotopic (exact) mass is 358 g/mol. The number of sulfonamides is 1. The van der Waals surface area contributed by atoms with Crippen molar-refractivity contribution in [1.29, 1.82) is 0 Å². The molecule has 0 fully saturated rings. The normalized spacial score (nSPS) is 14.3. The number of benzene rings is 2. The van der Waals surface area contributed by atoms with E-state index in [1.54, 1.807) is 12.1 Å². The highest BCUT2D eigenvalue weighted by molar-refractivity contribution is 7.89. The van der Waals surface area contributed by atoms with Crippen LogP contribution >= 0.6 is 0 Å². The average Bonchev–Trinajstić information content (AvgIpc) is 3.02. The van der Waals surface area contributed by atoms with Crippen molar-refractivity contribution in [2.24, 2.45) is 0 Å². The molecule has 0 atom stereocenters. The van der Waals surface area contributed by atoms with Gasteiger partial charge in [-0.25, -0.2) is 13.1 Å². The van der Waals surface area contributed by atoms with Gasteiger partial charge in [-0.05, 0) is 54.7 Å². The van der Waals surface area contributed by atoms with Gasteiger partial charge in [0, 0.05) is 18.2 Å². The van der Waals surface area contributed by atoms with Crippen LogP contribution in [0.5, 0.6) is 0 Å². The smallest absolute Gasteiger partial charge is 0.251 e. The fraction of sp³-hybridized carbons (Fsp3) is 0.316. The van der Waals surface area contributed by atoms with E-state index in [9.17, 15) is 13.2 Å². The summed E-state index contributed by atoms with van der Waals surface area (Å²) in [4.78, 5) is 12.6. The molecule has 6 heteroatoms. The molecule has 0 aliphatic heterocycles. The van der Waals surface area contributed by atoms with Gasteiger partial charge in [0.25, 0.3) is 5.91 Å². The fourth-order valence-electron chi connectivity index (χ4n) is 3.03. The average molecular weight is 358 g/mol. The van der Waals surface area contributed by atoms with Crippen molar-refractivity contribution in [2.45, 2.75) is 37.1 Å². The van der Waals surface area contributed by atoms with E-state index in [1.807, 2.05) is 19.1 Å². The van der Waals surface area contributed by atoms with Crippen LogP contribution in [0.3, 0.4) is 0 Å². The molecule has 1 amide bonds. The molecule has 0 aromatic heterocycles. The van der Waals surface area contributed by atoms with Crippen LogP contribution in [0.2, 0.25) is 0 Å². The molecule has 3 rings (SSSR count). The number of rotatable bonds is 6. The third-order valence-corrected chi connectivity index (χ3v) is 5.83. The molecule has 0 saturated heterocycles. The van der Waals surface area contributed by atoms with E-state index in [0.29, 0.717) is 12.1 Å². The summed E-state index contributed by atoms with van der Waals surface area (Å²) in [6.07, 6.45) is 2.38. The van der Waals surface area contributed by atoms with Gasteiger partial charge in [-0.3, -0.25) is 4.79 Å². The molecule has 25 heavy (non-hydrogen) atoms. The van der Waals surface area contributed by atoms with E-state index < -0.39 is 10.0 Å². The van der Waals surface area contributed by atoms with E-state index in [0.717, 1.165) is 19.3 Å². The van der Waals surface area contributed by atoms with Gasteiger partial charge in [-0.1, -0.05) is 31.2 Å². The standard InChI is InChI=1S/C19H22N2O3S/c1-2-11-20-25(23,24)18-9-7-14(8-10-18)19(22)21-17-12-15-5-3-4-6-16(15)13-17/h3-10,17,20H,2,11-13H2,1H3,(H,21,22). The number of carbonyl (C=O) groups excluding carboxylic acids is 1. The molecule has 0 spiro atoms. The SMILES string of the molecule is CCCNS(=O)(=O)c1ccc(C(=O)NC2Cc3ccccc3C2)cc1. The molecule has 2 aromatic rings. The molecule has 132 valence electrons. The number of nitrogens with one attached hydrogen (secondary N) is 2. The Kier molecular flexibility index (Phi) is 5.20. The Morgan fingerprint density at radius 2 is 1.64 bits per heavy atom. The van der Waals surface area contributed by atoms with Gasteiger partial charge in [-0.15, -0.1) is 0 Å². The molecule has 0 saturated carbocycles. The Labute approximate surface area is 148 Å². The van der Waals surface area contributed by atoms with Crippen molar-refractivity contribution in [3.05, 3.63) is 65.2 Å². The third-order valence-electron chi connectivity index (χ3n) is 4.36. The highest BCUT2D eigenvalue weighted by Gasteiger charge is 2.23.